The van der Waals surface area contributed by atoms with Crippen molar-refractivity contribution in [3.63, 3.8) is 0 Å². The molecule has 0 spiro atoms. The largest absolute Gasteiger partial charge is 0.486 e. The van der Waals surface area contributed by atoms with Crippen molar-refractivity contribution in [3.05, 3.63) is 65.6 Å². The number of hydrogen-bond donors (Lipinski definition) is 0. The number of halogens is 1. The maximum absolute atomic E-state index is 14.1. The fourth-order valence-corrected chi connectivity index (χ4v) is 4.23. The number of rotatable bonds is 3. The summed E-state index contributed by atoms with van der Waals surface area (Å²) >= 11 is 0. The van der Waals surface area contributed by atoms with Crippen LogP contribution < -0.4 is 9.47 Å². The minimum absolute atomic E-state index is 0.208. The van der Waals surface area contributed by atoms with E-state index in [0.717, 1.165) is 47.4 Å². The summed E-state index contributed by atoms with van der Waals surface area (Å²) in [5, 5.41) is 0.850. The molecule has 1 atom stereocenters. The Labute approximate surface area is 157 Å². The quantitative estimate of drug-likeness (QED) is 0.686. The third kappa shape index (κ3) is 3.12. The lowest BCUT2D eigenvalue weighted by molar-refractivity contribution is 0.170. The molecule has 138 valence electrons. The number of nitrogens with zero attached hydrogens (tertiary/aromatic N) is 2. The first-order valence-corrected chi connectivity index (χ1v) is 9.45. The van der Waals surface area contributed by atoms with Gasteiger partial charge in [-0.15, -0.1) is 0 Å². The van der Waals surface area contributed by atoms with E-state index in [0.29, 0.717) is 25.8 Å². The zero-order valence-corrected chi connectivity index (χ0v) is 15.0. The Morgan fingerprint density at radius 3 is 2.89 bits per heavy atom. The molecule has 1 aromatic heterocycles. The number of benzene rings is 2. The molecule has 0 amide bonds. The predicted octanol–water partition coefficient (Wildman–Crippen LogP) is 4.48. The SMILES string of the molecule is Fc1cc(CN2CCCC2c2ccc3c(c2)OCCO3)c2ncccc2c1. The van der Waals surface area contributed by atoms with E-state index in [1.165, 1.54) is 5.56 Å². The maximum atomic E-state index is 14.1. The molecule has 1 fully saturated rings. The molecule has 0 saturated carbocycles. The van der Waals surface area contributed by atoms with E-state index in [9.17, 15) is 4.39 Å². The van der Waals surface area contributed by atoms with Gasteiger partial charge in [0.1, 0.15) is 19.0 Å². The Bertz CT molecular complexity index is 991. The summed E-state index contributed by atoms with van der Waals surface area (Å²) in [5.74, 6) is 1.43. The predicted molar refractivity (Wildman–Crippen MR) is 102 cm³/mol. The van der Waals surface area contributed by atoms with Gasteiger partial charge in [0.2, 0.25) is 0 Å². The van der Waals surface area contributed by atoms with Crippen LogP contribution >= 0.6 is 0 Å². The first-order valence-electron chi connectivity index (χ1n) is 9.45. The van der Waals surface area contributed by atoms with Crippen molar-refractivity contribution in [2.75, 3.05) is 19.8 Å². The molecule has 5 rings (SSSR count). The maximum Gasteiger partial charge on any atom is 0.161 e. The van der Waals surface area contributed by atoms with Gasteiger partial charge in [-0.25, -0.2) is 4.39 Å². The van der Waals surface area contributed by atoms with Crippen molar-refractivity contribution in [2.24, 2.45) is 0 Å². The lowest BCUT2D eigenvalue weighted by Crippen LogP contribution is -2.23. The van der Waals surface area contributed by atoms with E-state index < -0.39 is 0 Å². The van der Waals surface area contributed by atoms with E-state index >= 15 is 0 Å². The van der Waals surface area contributed by atoms with E-state index in [1.54, 1.807) is 18.3 Å². The molecular weight excluding hydrogens is 343 g/mol. The topological polar surface area (TPSA) is 34.6 Å². The number of hydrogen-bond acceptors (Lipinski definition) is 4. The summed E-state index contributed by atoms with van der Waals surface area (Å²) in [6.07, 6.45) is 3.98. The Morgan fingerprint density at radius 1 is 1.07 bits per heavy atom. The van der Waals surface area contributed by atoms with Crippen LogP contribution in [0.1, 0.15) is 30.0 Å². The van der Waals surface area contributed by atoms with Crippen molar-refractivity contribution in [3.8, 4) is 11.5 Å². The molecule has 5 heteroatoms. The molecule has 1 saturated heterocycles. The normalized spacial score (nSPS) is 19.5. The number of fused-ring (bicyclic) bond motifs is 2. The third-order valence-electron chi connectivity index (χ3n) is 5.44. The number of pyridine rings is 1. The first kappa shape index (κ1) is 16.5. The van der Waals surface area contributed by atoms with Crippen LogP contribution in [0.2, 0.25) is 0 Å². The zero-order valence-electron chi connectivity index (χ0n) is 15.0. The Kier molecular flexibility index (Phi) is 4.17. The van der Waals surface area contributed by atoms with Gasteiger partial charge in [0.05, 0.1) is 5.52 Å². The average molecular weight is 364 g/mol. The smallest absolute Gasteiger partial charge is 0.161 e. The highest BCUT2D eigenvalue weighted by Crippen LogP contribution is 2.39. The second kappa shape index (κ2) is 6.82. The van der Waals surface area contributed by atoms with Crippen LogP contribution in [0.15, 0.2) is 48.7 Å². The Hall–Kier alpha value is -2.66. The van der Waals surface area contributed by atoms with Crippen LogP contribution in [0, 0.1) is 5.82 Å². The minimum atomic E-state index is -0.208. The second-order valence-corrected chi connectivity index (χ2v) is 7.17. The molecule has 0 aliphatic carbocycles. The fraction of sp³-hybridized carbons (Fsp3) is 0.318. The zero-order chi connectivity index (χ0) is 18.2. The number of ether oxygens (including phenoxy) is 2. The van der Waals surface area contributed by atoms with Gasteiger partial charge in [-0.2, -0.15) is 0 Å². The van der Waals surface area contributed by atoms with Gasteiger partial charge in [0, 0.05) is 24.2 Å². The molecule has 0 bridgehead atoms. The number of likely N-dealkylation sites (tertiary alicyclic amines) is 1. The molecule has 2 aromatic carbocycles. The monoisotopic (exact) mass is 364 g/mol. The standard InChI is InChI=1S/C22H21FN2O2/c23-18-11-16-3-1-7-24-22(16)17(12-18)14-25-8-2-4-19(25)15-5-6-20-21(13-15)27-10-9-26-20/h1,3,5-7,11-13,19H,2,4,8-10,14H2. The molecule has 1 unspecified atom stereocenters. The van der Waals surface area contributed by atoms with E-state index in [1.807, 2.05) is 18.2 Å². The summed E-state index contributed by atoms with van der Waals surface area (Å²) in [4.78, 5) is 6.90. The molecule has 4 nitrogen and oxygen atoms in total. The van der Waals surface area contributed by atoms with Gasteiger partial charge in [-0.3, -0.25) is 9.88 Å². The molecule has 27 heavy (non-hydrogen) atoms. The van der Waals surface area contributed by atoms with Crippen molar-refractivity contribution < 1.29 is 13.9 Å². The van der Waals surface area contributed by atoms with Crippen LogP contribution in [-0.2, 0) is 6.54 Å². The Morgan fingerprint density at radius 2 is 1.96 bits per heavy atom. The summed E-state index contributed by atoms with van der Waals surface area (Å²) in [6.45, 7) is 2.86. The summed E-state index contributed by atoms with van der Waals surface area (Å²) in [7, 11) is 0. The van der Waals surface area contributed by atoms with Crippen molar-refractivity contribution >= 4 is 10.9 Å². The van der Waals surface area contributed by atoms with Crippen LogP contribution in [0.3, 0.4) is 0 Å². The van der Waals surface area contributed by atoms with Gasteiger partial charge >= 0.3 is 0 Å². The van der Waals surface area contributed by atoms with Crippen LogP contribution in [0.4, 0.5) is 4.39 Å². The number of aromatic nitrogens is 1. The minimum Gasteiger partial charge on any atom is -0.486 e. The molecule has 2 aliphatic heterocycles. The highest BCUT2D eigenvalue weighted by molar-refractivity contribution is 5.81. The first-order chi connectivity index (χ1) is 13.3. The van der Waals surface area contributed by atoms with E-state index in [4.69, 9.17) is 9.47 Å². The van der Waals surface area contributed by atoms with Crippen molar-refractivity contribution in [1.29, 1.82) is 0 Å². The lowest BCUT2D eigenvalue weighted by atomic mass is 10.0. The molecule has 0 radical (unpaired) electrons. The summed E-state index contributed by atoms with van der Waals surface area (Å²) in [6, 6.07) is 13.4. The highest BCUT2D eigenvalue weighted by Gasteiger charge is 2.28. The Balaban J connectivity index is 1.46. The van der Waals surface area contributed by atoms with Crippen LogP contribution in [0.25, 0.3) is 10.9 Å². The van der Waals surface area contributed by atoms with Gasteiger partial charge in [-0.1, -0.05) is 12.1 Å². The second-order valence-electron chi connectivity index (χ2n) is 7.17. The van der Waals surface area contributed by atoms with Crippen molar-refractivity contribution in [1.82, 2.24) is 9.88 Å². The van der Waals surface area contributed by atoms with Crippen LogP contribution in [-0.4, -0.2) is 29.6 Å². The molecule has 3 heterocycles. The average Bonchev–Trinajstić information content (AvgIpc) is 3.15. The third-order valence-corrected chi connectivity index (χ3v) is 5.44. The molecular formula is C22H21FN2O2. The fourth-order valence-electron chi connectivity index (χ4n) is 4.23. The van der Waals surface area contributed by atoms with Crippen LogP contribution in [0.5, 0.6) is 11.5 Å². The molecule has 0 N–H and O–H groups in total. The molecule has 3 aromatic rings. The van der Waals surface area contributed by atoms with Crippen molar-refractivity contribution in [2.45, 2.75) is 25.4 Å². The lowest BCUT2D eigenvalue weighted by Gasteiger charge is -2.27. The summed E-state index contributed by atoms with van der Waals surface area (Å²) in [5.41, 5.74) is 3.05. The van der Waals surface area contributed by atoms with Gasteiger partial charge in [0.25, 0.3) is 0 Å². The van der Waals surface area contributed by atoms with E-state index in [-0.39, 0.29) is 5.82 Å². The highest BCUT2D eigenvalue weighted by atomic mass is 19.1. The van der Waals surface area contributed by atoms with E-state index in [2.05, 4.69) is 22.0 Å². The van der Waals surface area contributed by atoms with Gasteiger partial charge in [0.15, 0.2) is 11.5 Å². The van der Waals surface area contributed by atoms with Gasteiger partial charge < -0.3 is 9.47 Å². The molecule has 2 aliphatic rings. The van der Waals surface area contributed by atoms with Gasteiger partial charge in [-0.05, 0) is 60.8 Å². The summed E-state index contributed by atoms with van der Waals surface area (Å²) < 4.78 is 25.5.